The van der Waals surface area contributed by atoms with Gasteiger partial charge in [-0.25, -0.2) is 0 Å². The molecule has 0 unspecified atom stereocenters. The summed E-state index contributed by atoms with van der Waals surface area (Å²) in [4.78, 5) is 13.0. The third kappa shape index (κ3) is 5.84. The predicted octanol–water partition coefficient (Wildman–Crippen LogP) is 4.89. The molecule has 3 nitrogen and oxygen atoms in total. The quantitative estimate of drug-likeness (QED) is 0.586. The van der Waals surface area contributed by atoms with Gasteiger partial charge in [-0.3, -0.25) is 4.79 Å². The first kappa shape index (κ1) is 18.9. The number of carbonyl (C=O) groups is 1. The highest BCUT2D eigenvalue weighted by molar-refractivity contribution is 7.99. The van der Waals surface area contributed by atoms with Crippen molar-refractivity contribution in [1.29, 1.82) is 5.26 Å². The smallest absolute Gasteiger partial charge is 0.325 e. The van der Waals surface area contributed by atoms with Crippen LogP contribution in [0.25, 0.3) is 0 Å². The molecular formula is C18H15F3N2OS. The minimum Gasteiger partial charge on any atom is -0.325 e. The lowest BCUT2D eigenvalue weighted by molar-refractivity contribution is -0.137. The largest absolute Gasteiger partial charge is 0.416 e. The molecule has 0 aromatic heterocycles. The highest BCUT2D eigenvalue weighted by Gasteiger charge is 2.30. The summed E-state index contributed by atoms with van der Waals surface area (Å²) in [5.41, 5.74) is 0.106. The Morgan fingerprint density at radius 3 is 2.64 bits per heavy atom. The van der Waals surface area contributed by atoms with Crippen LogP contribution in [-0.4, -0.2) is 11.7 Å². The first-order valence-electron chi connectivity index (χ1n) is 7.45. The topological polar surface area (TPSA) is 52.9 Å². The summed E-state index contributed by atoms with van der Waals surface area (Å²) in [6.45, 7) is 0. The second kappa shape index (κ2) is 8.58. The van der Waals surface area contributed by atoms with E-state index in [9.17, 15) is 18.0 Å². The molecule has 0 aliphatic heterocycles. The van der Waals surface area contributed by atoms with Crippen LogP contribution in [-0.2, 0) is 17.4 Å². The molecule has 0 saturated carbocycles. The van der Waals surface area contributed by atoms with E-state index in [0.717, 1.165) is 17.0 Å². The van der Waals surface area contributed by atoms with Gasteiger partial charge < -0.3 is 5.32 Å². The summed E-state index contributed by atoms with van der Waals surface area (Å²) in [7, 11) is 0. The van der Waals surface area contributed by atoms with E-state index >= 15 is 0 Å². The monoisotopic (exact) mass is 364 g/mol. The molecule has 0 atom stereocenters. The molecule has 0 aliphatic rings. The standard InChI is InChI=1S/C18H15F3N2OS/c19-18(20,21)14-6-3-5-13(11-14)12-17(24)23-15-7-1-2-8-16(15)25-10-4-9-22/h1-3,5-8,11H,4,10,12H2,(H,23,24). The van der Waals surface area contributed by atoms with Gasteiger partial charge in [0.15, 0.2) is 0 Å². The fourth-order valence-electron chi connectivity index (χ4n) is 2.14. The lowest BCUT2D eigenvalue weighted by Gasteiger charge is -2.11. The number of carbonyl (C=O) groups excluding carboxylic acids is 1. The number of benzene rings is 2. The Kier molecular flexibility index (Phi) is 6.48. The molecule has 0 fully saturated rings. The van der Waals surface area contributed by atoms with E-state index in [-0.39, 0.29) is 6.42 Å². The zero-order chi connectivity index (χ0) is 18.3. The van der Waals surface area contributed by atoms with Crippen molar-refractivity contribution in [3.63, 3.8) is 0 Å². The van der Waals surface area contributed by atoms with Crippen molar-refractivity contribution in [3.05, 3.63) is 59.7 Å². The Labute approximate surface area is 147 Å². The molecule has 1 N–H and O–H groups in total. The average molecular weight is 364 g/mol. The van der Waals surface area contributed by atoms with E-state index in [1.165, 1.54) is 23.9 Å². The van der Waals surface area contributed by atoms with Gasteiger partial charge in [-0.1, -0.05) is 30.3 Å². The molecular weight excluding hydrogens is 349 g/mol. The van der Waals surface area contributed by atoms with Gasteiger partial charge in [0.2, 0.25) is 5.91 Å². The maximum atomic E-state index is 12.7. The molecule has 0 radical (unpaired) electrons. The van der Waals surface area contributed by atoms with Crippen LogP contribution in [0.15, 0.2) is 53.4 Å². The number of nitriles is 1. The number of nitrogens with one attached hydrogen (secondary N) is 1. The number of alkyl halides is 3. The maximum Gasteiger partial charge on any atom is 0.416 e. The summed E-state index contributed by atoms with van der Waals surface area (Å²) in [5.74, 6) is 0.199. The number of hydrogen-bond acceptors (Lipinski definition) is 3. The van der Waals surface area contributed by atoms with Gasteiger partial charge in [-0.15, -0.1) is 11.8 Å². The number of hydrogen-bond donors (Lipinski definition) is 1. The van der Waals surface area contributed by atoms with Gasteiger partial charge in [0.1, 0.15) is 0 Å². The minimum atomic E-state index is -4.43. The summed E-state index contributed by atoms with van der Waals surface area (Å²) < 4.78 is 38.2. The third-order valence-electron chi connectivity index (χ3n) is 3.25. The molecule has 130 valence electrons. The lowest BCUT2D eigenvalue weighted by Crippen LogP contribution is -2.15. The summed E-state index contributed by atoms with van der Waals surface area (Å²) in [5, 5.41) is 11.3. The van der Waals surface area contributed by atoms with Gasteiger partial charge in [-0.05, 0) is 23.8 Å². The molecule has 25 heavy (non-hydrogen) atoms. The van der Waals surface area contributed by atoms with Crippen molar-refractivity contribution < 1.29 is 18.0 Å². The number of para-hydroxylation sites is 1. The van der Waals surface area contributed by atoms with Gasteiger partial charge in [-0.2, -0.15) is 18.4 Å². The summed E-state index contributed by atoms with van der Waals surface area (Å²) in [6.07, 6.45) is -4.20. The van der Waals surface area contributed by atoms with Crippen LogP contribution in [0.1, 0.15) is 17.5 Å². The number of halogens is 3. The molecule has 1 amide bonds. The second-order valence-electron chi connectivity index (χ2n) is 5.18. The van der Waals surface area contributed by atoms with Crippen molar-refractivity contribution in [1.82, 2.24) is 0 Å². The van der Waals surface area contributed by atoms with Gasteiger partial charge >= 0.3 is 6.18 Å². The van der Waals surface area contributed by atoms with E-state index in [0.29, 0.717) is 23.4 Å². The Bertz CT molecular complexity index is 784. The van der Waals surface area contributed by atoms with Crippen molar-refractivity contribution in [2.24, 2.45) is 0 Å². The Morgan fingerprint density at radius 2 is 1.92 bits per heavy atom. The molecule has 0 heterocycles. The third-order valence-corrected chi connectivity index (χ3v) is 4.33. The Hall–Kier alpha value is -2.46. The van der Waals surface area contributed by atoms with E-state index in [4.69, 9.17) is 5.26 Å². The number of amides is 1. The molecule has 7 heteroatoms. The molecule has 0 bridgehead atoms. The normalized spacial score (nSPS) is 11.0. The molecule has 2 rings (SSSR count). The Morgan fingerprint density at radius 1 is 1.16 bits per heavy atom. The first-order valence-corrected chi connectivity index (χ1v) is 8.43. The van der Waals surface area contributed by atoms with E-state index < -0.39 is 17.6 Å². The van der Waals surface area contributed by atoms with E-state index in [1.807, 2.05) is 18.2 Å². The van der Waals surface area contributed by atoms with Crippen LogP contribution in [0, 0.1) is 11.3 Å². The maximum absolute atomic E-state index is 12.7. The van der Waals surface area contributed by atoms with Crippen LogP contribution in [0.5, 0.6) is 0 Å². The number of nitrogens with zero attached hydrogens (tertiary/aromatic N) is 1. The lowest BCUT2D eigenvalue weighted by atomic mass is 10.1. The van der Waals surface area contributed by atoms with Crippen molar-refractivity contribution in [3.8, 4) is 6.07 Å². The zero-order valence-corrected chi connectivity index (χ0v) is 14.0. The minimum absolute atomic E-state index is 0.152. The van der Waals surface area contributed by atoms with Crippen LogP contribution in [0.3, 0.4) is 0 Å². The first-order chi connectivity index (χ1) is 11.9. The van der Waals surface area contributed by atoms with Crippen LogP contribution in [0.2, 0.25) is 0 Å². The van der Waals surface area contributed by atoms with E-state index in [2.05, 4.69) is 5.32 Å². The summed E-state index contributed by atoms with van der Waals surface area (Å²) in [6, 6.07) is 13.9. The van der Waals surface area contributed by atoms with Crippen LogP contribution in [0.4, 0.5) is 18.9 Å². The summed E-state index contributed by atoms with van der Waals surface area (Å²) >= 11 is 1.44. The van der Waals surface area contributed by atoms with Crippen molar-refractivity contribution >= 4 is 23.4 Å². The Balaban J connectivity index is 2.05. The number of thioether (sulfide) groups is 1. The van der Waals surface area contributed by atoms with Crippen LogP contribution < -0.4 is 5.32 Å². The predicted molar refractivity (Wildman–Crippen MR) is 91.2 cm³/mol. The van der Waals surface area contributed by atoms with Crippen LogP contribution >= 0.6 is 11.8 Å². The van der Waals surface area contributed by atoms with E-state index in [1.54, 1.807) is 12.1 Å². The average Bonchev–Trinajstić information content (AvgIpc) is 2.56. The van der Waals surface area contributed by atoms with Crippen molar-refractivity contribution in [2.75, 3.05) is 11.1 Å². The molecule has 0 saturated heterocycles. The SMILES string of the molecule is N#CCCSc1ccccc1NC(=O)Cc1cccc(C(F)(F)F)c1. The second-order valence-corrected chi connectivity index (χ2v) is 6.31. The number of rotatable bonds is 6. The molecule has 2 aromatic rings. The van der Waals surface area contributed by atoms with Gasteiger partial charge in [0, 0.05) is 17.1 Å². The highest BCUT2D eigenvalue weighted by Crippen LogP contribution is 2.30. The highest BCUT2D eigenvalue weighted by atomic mass is 32.2. The zero-order valence-electron chi connectivity index (χ0n) is 13.1. The van der Waals surface area contributed by atoms with Crippen molar-refractivity contribution in [2.45, 2.75) is 23.9 Å². The molecule has 2 aromatic carbocycles. The van der Waals surface area contributed by atoms with Gasteiger partial charge in [0.05, 0.1) is 23.7 Å². The fourth-order valence-corrected chi connectivity index (χ4v) is 3.00. The van der Waals surface area contributed by atoms with Gasteiger partial charge in [0.25, 0.3) is 0 Å². The molecule has 0 spiro atoms. The fraction of sp³-hybridized carbons (Fsp3) is 0.222. The number of anilines is 1. The molecule has 0 aliphatic carbocycles.